The van der Waals surface area contributed by atoms with Crippen molar-refractivity contribution in [2.24, 2.45) is 0 Å². The molecule has 160 valence electrons. The molecule has 6 nitrogen and oxygen atoms in total. The molecule has 0 bridgehead atoms. The summed E-state index contributed by atoms with van der Waals surface area (Å²) in [5.74, 6) is -0.0889. The van der Waals surface area contributed by atoms with Gasteiger partial charge >= 0.3 is 0 Å². The van der Waals surface area contributed by atoms with Crippen LogP contribution in [0.3, 0.4) is 0 Å². The first-order valence-corrected chi connectivity index (χ1v) is 12.1. The maximum Gasteiger partial charge on any atom is 0.253 e. The van der Waals surface area contributed by atoms with Gasteiger partial charge in [0.2, 0.25) is 10.0 Å². The van der Waals surface area contributed by atoms with Crippen molar-refractivity contribution in [2.75, 3.05) is 39.3 Å². The topological polar surface area (TPSA) is 60.9 Å². The summed E-state index contributed by atoms with van der Waals surface area (Å²) in [6, 6.07) is 14.5. The number of fused-ring (bicyclic) bond motifs is 1. The number of carbonyl (C=O) groups is 1. The quantitative estimate of drug-likeness (QED) is 0.753. The first-order valence-electron chi connectivity index (χ1n) is 10.7. The van der Waals surface area contributed by atoms with Crippen LogP contribution in [0.1, 0.15) is 34.8 Å². The third-order valence-electron chi connectivity index (χ3n) is 6.14. The monoisotopic (exact) mass is 427 g/mol. The molecule has 0 radical (unpaired) electrons. The van der Waals surface area contributed by atoms with Crippen LogP contribution in [0.5, 0.6) is 0 Å². The summed E-state index contributed by atoms with van der Waals surface area (Å²) in [5.41, 5.74) is 2.69. The molecule has 2 aliphatic rings. The third kappa shape index (κ3) is 4.29. The number of likely N-dealkylation sites (N-methyl/N-ethyl adjacent to an activating group) is 1. The van der Waals surface area contributed by atoms with Crippen LogP contribution in [-0.4, -0.2) is 67.7 Å². The van der Waals surface area contributed by atoms with Gasteiger partial charge in [-0.05, 0) is 55.3 Å². The molecule has 0 atom stereocenters. The molecule has 1 fully saturated rings. The van der Waals surface area contributed by atoms with E-state index >= 15 is 0 Å². The van der Waals surface area contributed by atoms with Gasteiger partial charge in [0, 0.05) is 38.3 Å². The highest BCUT2D eigenvalue weighted by atomic mass is 32.2. The van der Waals surface area contributed by atoms with Crippen molar-refractivity contribution in [3.05, 3.63) is 65.2 Å². The van der Waals surface area contributed by atoms with E-state index in [1.807, 2.05) is 23.1 Å². The van der Waals surface area contributed by atoms with Crippen LogP contribution >= 0.6 is 0 Å². The largest absolute Gasteiger partial charge is 0.337 e. The van der Waals surface area contributed by atoms with Crippen molar-refractivity contribution in [2.45, 2.75) is 31.2 Å². The molecule has 30 heavy (non-hydrogen) atoms. The van der Waals surface area contributed by atoms with Crippen LogP contribution in [0, 0.1) is 0 Å². The standard InChI is InChI=1S/C23H29N3O3S/c1-2-24-12-6-13-25(16-15-24)23(27)20-9-5-10-22(17-20)30(28,29)26-14-11-19-7-3-4-8-21(19)18-26/h3-5,7-10,17H,2,6,11-16,18H2,1H3. The molecule has 0 N–H and O–H groups in total. The molecule has 1 amide bonds. The highest BCUT2D eigenvalue weighted by Gasteiger charge is 2.29. The number of amides is 1. The van der Waals surface area contributed by atoms with Crippen LogP contribution in [0.4, 0.5) is 0 Å². The molecule has 0 spiro atoms. The summed E-state index contributed by atoms with van der Waals surface area (Å²) >= 11 is 0. The molecule has 4 rings (SSSR count). The van der Waals surface area contributed by atoms with Crippen LogP contribution in [-0.2, 0) is 23.0 Å². The molecule has 2 heterocycles. The normalized spacial score (nSPS) is 18.6. The number of hydrogen-bond acceptors (Lipinski definition) is 4. The number of nitrogens with zero attached hydrogens (tertiary/aromatic N) is 3. The van der Waals surface area contributed by atoms with Crippen LogP contribution in [0.25, 0.3) is 0 Å². The van der Waals surface area contributed by atoms with Crippen LogP contribution < -0.4 is 0 Å². The third-order valence-corrected chi connectivity index (χ3v) is 7.98. The summed E-state index contributed by atoms with van der Waals surface area (Å²) < 4.78 is 28.1. The lowest BCUT2D eigenvalue weighted by atomic mass is 10.0. The zero-order valence-corrected chi connectivity index (χ0v) is 18.3. The molecule has 0 aliphatic carbocycles. The van der Waals surface area contributed by atoms with Gasteiger partial charge in [-0.15, -0.1) is 0 Å². The van der Waals surface area contributed by atoms with Gasteiger partial charge in [0.25, 0.3) is 5.91 Å². The molecular formula is C23H29N3O3S. The predicted octanol–water partition coefficient (Wildman–Crippen LogP) is 2.60. The van der Waals surface area contributed by atoms with Crippen molar-refractivity contribution >= 4 is 15.9 Å². The minimum Gasteiger partial charge on any atom is -0.337 e. The molecule has 2 aromatic rings. The van der Waals surface area contributed by atoms with Crippen molar-refractivity contribution in [3.63, 3.8) is 0 Å². The van der Waals surface area contributed by atoms with E-state index in [4.69, 9.17) is 0 Å². The minimum atomic E-state index is -3.66. The molecule has 0 unspecified atom stereocenters. The first kappa shape index (κ1) is 21.0. The second kappa shape index (κ2) is 8.88. The lowest BCUT2D eigenvalue weighted by molar-refractivity contribution is 0.0761. The van der Waals surface area contributed by atoms with Gasteiger partial charge in [0.15, 0.2) is 0 Å². The number of carbonyl (C=O) groups excluding carboxylic acids is 1. The van der Waals surface area contributed by atoms with Gasteiger partial charge in [0.1, 0.15) is 0 Å². The Labute approximate surface area is 179 Å². The smallest absolute Gasteiger partial charge is 0.253 e. The number of rotatable bonds is 4. The second-order valence-corrected chi connectivity index (χ2v) is 9.90. The highest BCUT2D eigenvalue weighted by molar-refractivity contribution is 7.89. The van der Waals surface area contributed by atoms with E-state index in [0.29, 0.717) is 38.2 Å². The number of benzene rings is 2. The summed E-state index contributed by atoms with van der Waals surface area (Å²) in [7, 11) is -3.66. The maximum atomic E-state index is 13.3. The van der Waals surface area contributed by atoms with Crippen LogP contribution in [0.15, 0.2) is 53.4 Å². The average Bonchev–Trinajstić information content (AvgIpc) is 3.04. The fourth-order valence-electron chi connectivity index (χ4n) is 4.29. The lowest BCUT2D eigenvalue weighted by Crippen LogP contribution is -2.36. The van der Waals surface area contributed by atoms with Gasteiger partial charge in [-0.1, -0.05) is 37.3 Å². The summed E-state index contributed by atoms with van der Waals surface area (Å²) in [6.07, 6.45) is 1.64. The van der Waals surface area contributed by atoms with Crippen LogP contribution in [0.2, 0.25) is 0 Å². The Bertz CT molecular complexity index is 1020. The van der Waals surface area contributed by atoms with E-state index in [0.717, 1.165) is 31.6 Å². The number of sulfonamides is 1. The van der Waals surface area contributed by atoms with Gasteiger partial charge in [0.05, 0.1) is 4.90 Å². The molecule has 1 saturated heterocycles. The van der Waals surface area contributed by atoms with Gasteiger partial charge in [-0.3, -0.25) is 4.79 Å². The van der Waals surface area contributed by atoms with E-state index in [-0.39, 0.29) is 10.8 Å². The lowest BCUT2D eigenvalue weighted by Gasteiger charge is -2.28. The summed E-state index contributed by atoms with van der Waals surface area (Å²) in [4.78, 5) is 17.4. The zero-order valence-electron chi connectivity index (χ0n) is 17.5. The summed E-state index contributed by atoms with van der Waals surface area (Å²) in [5, 5.41) is 0. The average molecular weight is 428 g/mol. The Morgan fingerprint density at radius 1 is 0.933 bits per heavy atom. The van der Waals surface area contributed by atoms with E-state index in [2.05, 4.69) is 17.9 Å². The Hall–Kier alpha value is -2.22. The molecule has 2 aromatic carbocycles. The fourth-order valence-corrected chi connectivity index (χ4v) is 5.75. The molecule has 2 aliphatic heterocycles. The number of hydrogen-bond donors (Lipinski definition) is 0. The fraction of sp³-hybridized carbons (Fsp3) is 0.435. The van der Waals surface area contributed by atoms with Crippen molar-refractivity contribution in [1.82, 2.24) is 14.1 Å². The van der Waals surface area contributed by atoms with E-state index < -0.39 is 10.0 Å². The first-order chi connectivity index (χ1) is 14.5. The van der Waals surface area contributed by atoms with Gasteiger partial charge < -0.3 is 9.80 Å². The van der Waals surface area contributed by atoms with Crippen molar-refractivity contribution in [1.29, 1.82) is 0 Å². The molecule has 0 saturated carbocycles. The second-order valence-electron chi connectivity index (χ2n) is 7.97. The van der Waals surface area contributed by atoms with Gasteiger partial charge in [-0.25, -0.2) is 8.42 Å². The Morgan fingerprint density at radius 2 is 1.73 bits per heavy atom. The summed E-state index contributed by atoms with van der Waals surface area (Å²) in [6.45, 7) is 7.16. The Morgan fingerprint density at radius 3 is 2.53 bits per heavy atom. The van der Waals surface area contributed by atoms with E-state index in [1.54, 1.807) is 24.3 Å². The van der Waals surface area contributed by atoms with E-state index in [1.165, 1.54) is 9.87 Å². The minimum absolute atomic E-state index is 0.0889. The Kier molecular flexibility index (Phi) is 6.22. The zero-order chi connectivity index (χ0) is 21.1. The highest BCUT2D eigenvalue weighted by Crippen LogP contribution is 2.25. The molecule has 0 aromatic heterocycles. The van der Waals surface area contributed by atoms with Crippen molar-refractivity contribution < 1.29 is 13.2 Å². The predicted molar refractivity (Wildman–Crippen MR) is 117 cm³/mol. The van der Waals surface area contributed by atoms with E-state index in [9.17, 15) is 13.2 Å². The maximum absolute atomic E-state index is 13.3. The Balaban J connectivity index is 1.53. The SMILES string of the molecule is CCN1CCCN(C(=O)c2cccc(S(=O)(=O)N3CCc4ccccc4C3)c2)CC1. The molecule has 7 heteroatoms. The molecular weight excluding hydrogens is 398 g/mol. The van der Waals surface area contributed by atoms with Crippen molar-refractivity contribution in [3.8, 4) is 0 Å². The van der Waals surface area contributed by atoms with Gasteiger partial charge in [-0.2, -0.15) is 4.31 Å².